The van der Waals surface area contributed by atoms with Crippen molar-refractivity contribution in [3.8, 4) is 0 Å². The van der Waals surface area contributed by atoms with E-state index >= 15 is 0 Å². The minimum Gasteiger partial charge on any atom is -0.367 e. The number of halogens is 3. The second-order valence-corrected chi connectivity index (χ2v) is 8.80. The minimum absolute atomic E-state index is 0.149. The van der Waals surface area contributed by atoms with Crippen molar-refractivity contribution in [1.29, 1.82) is 0 Å². The van der Waals surface area contributed by atoms with E-state index in [-0.39, 0.29) is 5.91 Å². The number of benzene rings is 2. The average molecular weight is 521 g/mol. The van der Waals surface area contributed by atoms with Gasteiger partial charge in [0.15, 0.2) is 0 Å². The summed E-state index contributed by atoms with van der Waals surface area (Å²) in [5.74, 6) is -0.149. The maximum Gasteiger partial charge on any atom is 0.267 e. The van der Waals surface area contributed by atoms with Crippen LogP contribution in [0.5, 0.6) is 0 Å². The third kappa shape index (κ3) is 4.49. The normalized spacial score (nSPS) is 16.0. The number of amides is 1. The van der Waals surface area contributed by atoms with Gasteiger partial charge >= 0.3 is 0 Å². The van der Waals surface area contributed by atoms with Gasteiger partial charge in [0.05, 0.1) is 21.6 Å². The molecule has 1 saturated heterocycles. The summed E-state index contributed by atoms with van der Waals surface area (Å²) in [6, 6.07) is 13.2. The van der Waals surface area contributed by atoms with Crippen LogP contribution in [-0.4, -0.2) is 21.8 Å². The summed E-state index contributed by atoms with van der Waals surface area (Å²) in [5, 5.41) is 4.08. The number of thioether (sulfide) groups is 1. The molecule has 0 radical (unpaired) electrons. The van der Waals surface area contributed by atoms with E-state index < -0.39 is 0 Å². The molecule has 2 aromatic rings. The van der Waals surface area contributed by atoms with Crippen LogP contribution in [0, 0.1) is 3.57 Å². The standard InChI is InChI=1S/C17H11Cl2IN2OS2/c18-13-3-1-2-10(15(13)19)8-14-16(23)22(17(24)25-14)9-21-12-6-4-11(20)5-7-12/h1-8,21H,9H2/b14-8-. The highest BCUT2D eigenvalue weighted by Crippen LogP contribution is 2.35. The van der Waals surface area contributed by atoms with Gasteiger partial charge < -0.3 is 5.32 Å². The van der Waals surface area contributed by atoms with E-state index in [0.29, 0.717) is 31.5 Å². The first-order chi connectivity index (χ1) is 12.0. The molecule has 1 aliphatic heterocycles. The van der Waals surface area contributed by atoms with Crippen molar-refractivity contribution in [2.45, 2.75) is 0 Å². The van der Waals surface area contributed by atoms with Crippen molar-refractivity contribution in [2.75, 3.05) is 12.0 Å². The maximum absolute atomic E-state index is 12.6. The van der Waals surface area contributed by atoms with Gasteiger partial charge in [0.2, 0.25) is 0 Å². The number of hydrogen-bond donors (Lipinski definition) is 1. The third-order valence-corrected chi connectivity index (χ3v) is 6.36. The van der Waals surface area contributed by atoms with Crippen LogP contribution in [0.4, 0.5) is 5.69 Å². The number of hydrogen-bond acceptors (Lipinski definition) is 4. The Morgan fingerprint density at radius 2 is 1.92 bits per heavy atom. The predicted molar refractivity (Wildman–Crippen MR) is 119 cm³/mol. The van der Waals surface area contributed by atoms with E-state index in [9.17, 15) is 4.79 Å². The number of thiocarbonyl (C=S) groups is 1. The minimum atomic E-state index is -0.149. The predicted octanol–water partition coefficient (Wildman–Crippen LogP) is 5.87. The van der Waals surface area contributed by atoms with Gasteiger partial charge in [-0.1, -0.05) is 59.3 Å². The Bertz CT molecular complexity index is 871. The molecular weight excluding hydrogens is 510 g/mol. The third-order valence-electron chi connectivity index (χ3n) is 3.43. The van der Waals surface area contributed by atoms with Crippen LogP contribution in [0.15, 0.2) is 47.4 Å². The number of nitrogens with zero attached hydrogens (tertiary/aromatic N) is 1. The second kappa shape index (κ2) is 8.26. The van der Waals surface area contributed by atoms with Crippen molar-refractivity contribution in [1.82, 2.24) is 4.90 Å². The molecule has 0 aromatic heterocycles. The molecule has 0 saturated carbocycles. The zero-order chi connectivity index (χ0) is 18.0. The van der Waals surface area contributed by atoms with Gasteiger partial charge in [-0.15, -0.1) is 0 Å². The van der Waals surface area contributed by atoms with Crippen molar-refractivity contribution in [3.63, 3.8) is 0 Å². The largest absolute Gasteiger partial charge is 0.367 e. The van der Waals surface area contributed by atoms with Crippen molar-refractivity contribution in [3.05, 3.63) is 66.5 Å². The molecule has 0 spiro atoms. The molecule has 25 heavy (non-hydrogen) atoms. The molecule has 0 aliphatic carbocycles. The molecule has 2 aromatic carbocycles. The SMILES string of the molecule is O=C1/C(=C/c2cccc(Cl)c2Cl)SC(=S)N1CNc1ccc(I)cc1. The van der Waals surface area contributed by atoms with Crippen LogP contribution in [-0.2, 0) is 4.79 Å². The first-order valence-electron chi connectivity index (χ1n) is 7.14. The van der Waals surface area contributed by atoms with Gasteiger partial charge in [-0.3, -0.25) is 9.69 Å². The average Bonchev–Trinajstić information content (AvgIpc) is 2.85. The molecule has 128 valence electrons. The van der Waals surface area contributed by atoms with Crippen LogP contribution >= 0.6 is 69.8 Å². The first-order valence-corrected chi connectivity index (χ1v) is 10.2. The Morgan fingerprint density at radius 3 is 2.64 bits per heavy atom. The molecule has 8 heteroatoms. The lowest BCUT2D eigenvalue weighted by Gasteiger charge is -2.16. The Morgan fingerprint density at radius 1 is 1.20 bits per heavy atom. The lowest BCUT2D eigenvalue weighted by Crippen LogP contribution is -2.33. The molecule has 0 bridgehead atoms. The number of carbonyl (C=O) groups is 1. The lowest BCUT2D eigenvalue weighted by atomic mass is 10.2. The summed E-state index contributed by atoms with van der Waals surface area (Å²) in [4.78, 5) is 14.7. The summed E-state index contributed by atoms with van der Waals surface area (Å²) in [7, 11) is 0. The van der Waals surface area contributed by atoms with Crippen LogP contribution in [0.2, 0.25) is 10.0 Å². The Hall–Kier alpha value is -0.800. The number of nitrogens with one attached hydrogen (secondary N) is 1. The number of rotatable bonds is 4. The van der Waals surface area contributed by atoms with Crippen molar-refractivity contribution >= 4 is 91.8 Å². The molecule has 1 amide bonds. The fraction of sp³-hybridized carbons (Fsp3) is 0.0588. The molecule has 0 unspecified atom stereocenters. The van der Waals surface area contributed by atoms with Crippen molar-refractivity contribution < 1.29 is 4.79 Å². The second-order valence-electron chi connectivity index (χ2n) is 5.09. The molecule has 3 nitrogen and oxygen atoms in total. The van der Waals surface area contributed by atoms with Crippen LogP contribution < -0.4 is 5.32 Å². The fourth-order valence-electron chi connectivity index (χ4n) is 2.15. The van der Waals surface area contributed by atoms with Gasteiger partial charge in [0.25, 0.3) is 5.91 Å². The monoisotopic (exact) mass is 520 g/mol. The highest BCUT2D eigenvalue weighted by molar-refractivity contribution is 14.1. The van der Waals surface area contributed by atoms with Gasteiger partial charge in [-0.2, -0.15) is 0 Å². The zero-order valence-electron chi connectivity index (χ0n) is 12.6. The van der Waals surface area contributed by atoms with Gasteiger partial charge in [-0.25, -0.2) is 0 Å². The van der Waals surface area contributed by atoms with E-state index in [2.05, 4.69) is 27.9 Å². The Balaban J connectivity index is 1.74. The van der Waals surface area contributed by atoms with E-state index in [0.717, 1.165) is 9.26 Å². The topological polar surface area (TPSA) is 32.3 Å². The molecule has 3 rings (SSSR count). The smallest absolute Gasteiger partial charge is 0.267 e. The van der Waals surface area contributed by atoms with E-state index in [4.69, 9.17) is 35.4 Å². The summed E-state index contributed by atoms with van der Waals surface area (Å²) < 4.78 is 1.66. The van der Waals surface area contributed by atoms with Gasteiger partial charge in [0, 0.05) is 9.26 Å². The van der Waals surface area contributed by atoms with E-state index in [1.807, 2.05) is 30.3 Å². The fourth-order valence-corrected chi connectivity index (χ4v) is 4.12. The highest BCUT2D eigenvalue weighted by Gasteiger charge is 2.31. The van der Waals surface area contributed by atoms with Gasteiger partial charge in [0.1, 0.15) is 4.32 Å². The van der Waals surface area contributed by atoms with E-state index in [1.54, 1.807) is 18.2 Å². The zero-order valence-corrected chi connectivity index (χ0v) is 17.9. The Labute approximate surface area is 178 Å². The summed E-state index contributed by atoms with van der Waals surface area (Å²) in [6.07, 6.45) is 1.72. The van der Waals surface area contributed by atoms with Gasteiger partial charge in [-0.05, 0) is 64.6 Å². The summed E-state index contributed by atoms with van der Waals surface area (Å²) in [5.41, 5.74) is 1.62. The van der Waals surface area contributed by atoms with Crippen LogP contribution in [0.3, 0.4) is 0 Å². The number of carbonyl (C=O) groups excluding carboxylic acids is 1. The highest BCUT2D eigenvalue weighted by atomic mass is 127. The quantitative estimate of drug-likeness (QED) is 0.310. The van der Waals surface area contributed by atoms with E-state index in [1.165, 1.54) is 16.7 Å². The molecule has 0 atom stereocenters. The Kier molecular flexibility index (Phi) is 6.27. The first kappa shape index (κ1) is 19.0. The van der Waals surface area contributed by atoms with Crippen LogP contribution in [0.25, 0.3) is 6.08 Å². The summed E-state index contributed by atoms with van der Waals surface area (Å²) in [6.45, 7) is 0.311. The summed E-state index contributed by atoms with van der Waals surface area (Å²) >= 11 is 21.0. The molecule has 1 N–H and O–H groups in total. The van der Waals surface area contributed by atoms with Crippen molar-refractivity contribution in [2.24, 2.45) is 0 Å². The molecule has 1 heterocycles. The molecular formula is C17H11Cl2IN2OS2. The van der Waals surface area contributed by atoms with Crippen LogP contribution in [0.1, 0.15) is 5.56 Å². The lowest BCUT2D eigenvalue weighted by molar-refractivity contribution is -0.121. The maximum atomic E-state index is 12.6. The number of anilines is 1. The molecule has 1 aliphatic rings. The molecule has 1 fully saturated rings.